The fourth-order valence-electron chi connectivity index (χ4n) is 2.90. The van der Waals surface area contributed by atoms with Crippen LogP contribution in [0.1, 0.15) is 38.2 Å². The highest BCUT2D eigenvalue weighted by Gasteiger charge is 2.24. The number of methoxy groups -OCH3 is 1. The SMILES string of the molecule is COc1ccc(Br)cc1/C=C(\C#N)C(=O)N[C@H]1CCCC[C@H]1C. The molecule has 5 heteroatoms. The van der Waals surface area contributed by atoms with E-state index in [0.717, 1.165) is 23.7 Å². The van der Waals surface area contributed by atoms with Gasteiger partial charge in [-0.3, -0.25) is 4.79 Å². The van der Waals surface area contributed by atoms with Gasteiger partial charge in [0.15, 0.2) is 0 Å². The van der Waals surface area contributed by atoms with Gasteiger partial charge in [0.25, 0.3) is 5.91 Å². The maximum Gasteiger partial charge on any atom is 0.262 e. The summed E-state index contributed by atoms with van der Waals surface area (Å²) >= 11 is 3.39. The molecule has 1 amide bonds. The van der Waals surface area contributed by atoms with Crippen LogP contribution < -0.4 is 10.1 Å². The van der Waals surface area contributed by atoms with Crippen LogP contribution in [-0.4, -0.2) is 19.1 Å². The van der Waals surface area contributed by atoms with Crippen LogP contribution >= 0.6 is 15.9 Å². The lowest BCUT2D eigenvalue weighted by molar-refractivity contribution is -0.118. The highest BCUT2D eigenvalue weighted by molar-refractivity contribution is 9.10. The van der Waals surface area contributed by atoms with Crippen LogP contribution in [0.25, 0.3) is 6.08 Å². The first kappa shape index (κ1) is 17.6. The molecule has 1 aliphatic carbocycles. The molecule has 0 bridgehead atoms. The predicted molar refractivity (Wildman–Crippen MR) is 93.8 cm³/mol. The molecule has 0 aromatic heterocycles. The zero-order valence-electron chi connectivity index (χ0n) is 13.4. The van der Waals surface area contributed by atoms with Crippen molar-refractivity contribution < 1.29 is 9.53 Å². The molecule has 1 aliphatic rings. The summed E-state index contributed by atoms with van der Waals surface area (Å²) in [5.41, 5.74) is 0.796. The van der Waals surface area contributed by atoms with Crippen molar-refractivity contribution in [2.24, 2.45) is 5.92 Å². The van der Waals surface area contributed by atoms with E-state index in [1.165, 1.54) is 6.42 Å². The van der Waals surface area contributed by atoms with Gasteiger partial charge in [0.1, 0.15) is 17.4 Å². The van der Waals surface area contributed by atoms with Crippen molar-refractivity contribution in [1.82, 2.24) is 5.32 Å². The molecule has 2 atom stereocenters. The van der Waals surface area contributed by atoms with Crippen molar-refractivity contribution in [3.05, 3.63) is 33.8 Å². The van der Waals surface area contributed by atoms with Crippen LogP contribution in [-0.2, 0) is 4.79 Å². The molecule has 0 aliphatic heterocycles. The second-order valence-electron chi connectivity index (χ2n) is 5.90. The number of rotatable bonds is 4. The highest BCUT2D eigenvalue weighted by atomic mass is 79.9. The molecule has 2 rings (SSSR count). The minimum atomic E-state index is -0.312. The van der Waals surface area contributed by atoms with Crippen LogP contribution in [0, 0.1) is 17.2 Å². The topological polar surface area (TPSA) is 62.1 Å². The van der Waals surface area contributed by atoms with Gasteiger partial charge >= 0.3 is 0 Å². The van der Waals surface area contributed by atoms with Gasteiger partial charge in [0.2, 0.25) is 0 Å². The highest BCUT2D eigenvalue weighted by Crippen LogP contribution is 2.26. The lowest BCUT2D eigenvalue weighted by Crippen LogP contribution is -2.41. The van der Waals surface area contributed by atoms with Crippen molar-refractivity contribution >= 4 is 27.9 Å². The number of hydrogen-bond donors (Lipinski definition) is 1. The number of halogens is 1. The van der Waals surface area contributed by atoms with Crippen molar-refractivity contribution in [2.45, 2.75) is 38.6 Å². The molecule has 1 fully saturated rings. The molecule has 1 N–H and O–H groups in total. The Balaban J connectivity index is 2.20. The summed E-state index contributed by atoms with van der Waals surface area (Å²) in [6, 6.07) is 7.63. The standard InChI is InChI=1S/C18H21BrN2O2/c1-12-5-3-4-6-16(12)21-18(22)14(11-20)9-13-10-15(19)7-8-17(13)23-2/h7-10,12,16H,3-6H2,1-2H3,(H,21,22)/b14-9+/t12-,16+/m1/s1. The molecule has 122 valence electrons. The third-order valence-corrected chi connectivity index (χ3v) is 4.78. The van der Waals surface area contributed by atoms with Gasteiger partial charge < -0.3 is 10.1 Å². The Labute approximate surface area is 145 Å². The van der Waals surface area contributed by atoms with Crippen LogP contribution in [0.4, 0.5) is 0 Å². The molecule has 0 saturated heterocycles. The molecule has 0 unspecified atom stereocenters. The smallest absolute Gasteiger partial charge is 0.262 e. The number of carbonyl (C=O) groups excluding carboxylic acids is 1. The van der Waals surface area contributed by atoms with Crippen LogP contribution in [0.3, 0.4) is 0 Å². The minimum absolute atomic E-state index is 0.0965. The Bertz CT molecular complexity index is 649. The van der Waals surface area contributed by atoms with Gasteiger partial charge in [-0.05, 0) is 43.0 Å². The van der Waals surface area contributed by atoms with Crippen LogP contribution in [0.15, 0.2) is 28.2 Å². The molecule has 1 aromatic rings. The summed E-state index contributed by atoms with van der Waals surface area (Å²) in [5.74, 6) is 0.765. The van der Waals surface area contributed by atoms with Crippen molar-refractivity contribution in [3.8, 4) is 11.8 Å². The summed E-state index contributed by atoms with van der Waals surface area (Å²) in [6.45, 7) is 2.15. The van der Waals surface area contributed by atoms with Gasteiger partial charge in [-0.25, -0.2) is 0 Å². The zero-order valence-corrected chi connectivity index (χ0v) is 15.0. The van der Waals surface area contributed by atoms with E-state index in [2.05, 4.69) is 28.2 Å². The molecule has 1 aromatic carbocycles. The summed E-state index contributed by atoms with van der Waals surface area (Å²) in [7, 11) is 1.57. The first-order valence-corrected chi connectivity index (χ1v) is 8.60. The van der Waals surface area contributed by atoms with E-state index < -0.39 is 0 Å². The summed E-state index contributed by atoms with van der Waals surface area (Å²) in [4.78, 5) is 12.4. The van der Waals surface area contributed by atoms with Crippen LogP contribution in [0.5, 0.6) is 5.75 Å². The van der Waals surface area contributed by atoms with E-state index in [1.54, 1.807) is 19.3 Å². The van der Waals surface area contributed by atoms with E-state index in [4.69, 9.17) is 4.74 Å². The Hall–Kier alpha value is -1.80. The number of nitriles is 1. The quantitative estimate of drug-likeness (QED) is 0.636. The largest absolute Gasteiger partial charge is 0.496 e. The van der Waals surface area contributed by atoms with Crippen molar-refractivity contribution in [2.75, 3.05) is 7.11 Å². The maximum absolute atomic E-state index is 12.4. The van der Waals surface area contributed by atoms with Gasteiger partial charge in [0, 0.05) is 16.1 Å². The number of amides is 1. The van der Waals surface area contributed by atoms with E-state index in [0.29, 0.717) is 17.2 Å². The summed E-state index contributed by atoms with van der Waals surface area (Å²) in [5, 5.41) is 12.4. The average Bonchev–Trinajstić information content (AvgIpc) is 2.54. The Morgan fingerprint density at radius 3 is 2.83 bits per heavy atom. The molecule has 0 radical (unpaired) electrons. The second-order valence-corrected chi connectivity index (χ2v) is 6.81. The number of benzene rings is 1. The summed E-state index contributed by atoms with van der Waals surface area (Å²) in [6.07, 6.45) is 6.01. The van der Waals surface area contributed by atoms with Crippen molar-refractivity contribution in [1.29, 1.82) is 5.26 Å². The van der Waals surface area contributed by atoms with Gasteiger partial charge in [-0.2, -0.15) is 5.26 Å². The van der Waals surface area contributed by atoms with E-state index in [1.807, 2.05) is 18.2 Å². The number of ether oxygens (including phenoxy) is 1. The third kappa shape index (κ3) is 4.59. The third-order valence-electron chi connectivity index (χ3n) is 4.28. The fourth-order valence-corrected chi connectivity index (χ4v) is 3.28. The van der Waals surface area contributed by atoms with Gasteiger partial charge in [-0.1, -0.05) is 35.7 Å². The molecule has 0 heterocycles. The summed E-state index contributed by atoms with van der Waals surface area (Å²) < 4.78 is 6.15. The Kier molecular flexibility index (Phi) is 6.23. The molecular weight excluding hydrogens is 356 g/mol. The van der Waals surface area contributed by atoms with E-state index in [-0.39, 0.29) is 17.5 Å². The van der Waals surface area contributed by atoms with E-state index in [9.17, 15) is 10.1 Å². The monoisotopic (exact) mass is 376 g/mol. The first-order chi connectivity index (χ1) is 11.0. The number of nitrogens with one attached hydrogen (secondary N) is 1. The molecule has 0 spiro atoms. The maximum atomic E-state index is 12.4. The van der Waals surface area contributed by atoms with Crippen molar-refractivity contribution in [3.63, 3.8) is 0 Å². The average molecular weight is 377 g/mol. The normalized spacial score (nSPS) is 21.4. The molecule has 23 heavy (non-hydrogen) atoms. The molecule has 1 saturated carbocycles. The minimum Gasteiger partial charge on any atom is -0.496 e. The Morgan fingerprint density at radius 1 is 1.43 bits per heavy atom. The molecule has 4 nitrogen and oxygen atoms in total. The zero-order chi connectivity index (χ0) is 16.8. The van der Waals surface area contributed by atoms with Gasteiger partial charge in [0.05, 0.1) is 7.11 Å². The lowest BCUT2D eigenvalue weighted by atomic mass is 9.86. The Morgan fingerprint density at radius 2 is 2.17 bits per heavy atom. The number of hydrogen-bond acceptors (Lipinski definition) is 3. The van der Waals surface area contributed by atoms with E-state index >= 15 is 0 Å². The lowest BCUT2D eigenvalue weighted by Gasteiger charge is -2.29. The van der Waals surface area contributed by atoms with Crippen LogP contribution in [0.2, 0.25) is 0 Å². The fraction of sp³-hybridized carbons (Fsp3) is 0.444. The predicted octanol–water partition coefficient (Wildman–Crippen LogP) is 4.06. The first-order valence-electron chi connectivity index (χ1n) is 7.81. The number of nitrogens with zero attached hydrogens (tertiary/aromatic N) is 1. The second kappa shape index (κ2) is 8.16. The van der Waals surface area contributed by atoms with Gasteiger partial charge in [-0.15, -0.1) is 0 Å². The number of carbonyl (C=O) groups is 1. The molecular formula is C18H21BrN2O2.